The van der Waals surface area contributed by atoms with Crippen molar-refractivity contribution in [2.24, 2.45) is 0 Å². The molecule has 0 unspecified atom stereocenters. The van der Waals surface area contributed by atoms with Gasteiger partial charge in [0.15, 0.2) is 0 Å². The molecule has 0 aliphatic rings. The molecule has 0 aliphatic carbocycles. The predicted molar refractivity (Wildman–Crippen MR) is 219 cm³/mol. The van der Waals surface area contributed by atoms with Crippen LogP contribution in [0.1, 0.15) is 265 Å². The van der Waals surface area contributed by atoms with Gasteiger partial charge < -0.3 is 14.4 Å². The molecule has 0 aliphatic heterocycles. The molecule has 0 N–H and O–H groups in total. The Balaban J connectivity index is 4.86. The SMILES string of the molecule is CCCCCCCCCCCCCC(=O)[Si](CCC)(C(=O)CCCCCCCCCCCCC)C(=O)CCCCCCCCCCCCC. The fourth-order valence-corrected chi connectivity index (χ4v) is 12.1. The first-order valence-electron chi connectivity index (χ1n) is 22.6. The summed E-state index contributed by atoms with van der Waals surface area (Å²) in [5, 5.41) is 0.268. The highest BCUT2D eigenvalue weighted by Gasteiger charge is 2.52. The zero-order valence-corrected chi connectivity index (χ0v) is 35.1. The highest BCUT2D eigenvalue weighted by atomic mass is 28.3. The first-order chi connectivity index (χ1) is 24.0. The normalized spacial score (nSPS) is 11.8. The third-order valence-corrected chi connectivity index (χ3v) is 15.9. The van der Waals surface area contributed by atoms with Gasteiger partial charge in [0.2, 0.25) is 0 Å². The maximum atomic E-state index is 14.0. The summed E-state index contributed by atoms with van der Waals surface area (Å²) in [6.07, 6.45) is 43.2. The smallest absolute Gasteiger partial charge is 0.279 e. The number of carbonyl (C=O) groups excluding carboxylic acids is 3. The van der Waals surface area contributed by atoms with E-state index in [1.54, 1.807) is 0 Å². The Hall–Kier alpha value is -0.773. The molecule has 0 bridgehead atoms. The van der Waals surface area contributed by atoms with Gasteiger partial charge in [0.1, 0.15) is 16.2 Å². The van der Waals surface area contributed by atoms with Crippen molar-refractivity contribution < 1.29 is 14.4 Å². The minimum atomic E-state index is -3.31. The number of unbranched alkanes of at least 4 members (excludes halogenated alkanes) is 30. The molecular formula is C45H88O3Si. The Labute approximate surface area is 309 Å². The van der Waals surface area contributed by atoms with Crippen LogP contribution in [0.3, 0.4) is 0 Å². The molecule has 3 nitrogen and oxygen atoms in total. The topological polar surface area (TPSA) is 51.2 Å². The third kappa shape index (κ3) is 26.6. The fraction of sp³-hybridized carbons (Fsp3) is 0.933. The van der Waals surface area contributed by atoms with Crippen molar-refractivity contribution in [2.45, 2.75) is 271 Å². The van der Waals surface area contributed by atoms with Crippen molar-refractivity contribution in [2.75, 3.05) is 0 Å². The number of rotatable bonds is 41. The van der Waals surface area contributed by atoms with E-state index < -0.39 is 8.07 Å². The van der Waals surface area contributed by atoms with Crippen LogP contribution in [0.4, 0.5) is 0 Å². The zero-order chi connectivity index (χ0) is 36.1. The molecule has 0 amide bonds. The van der Waals surface area contributed by atoms with Gasteiger partial charge in [0.25, 0.3) is 8.07 Å². The van der Waals surface area contributed by atoms with Crippen molar-refractivity contribution in [1.29, 1.82) is 0 Å². The third-order valence-electron chi connectivity index (χ3n) is 11.1. The Bertz CT molecular complexity index is 654. The molecule has 0 aromatic heterocycles. The van der Waals surface area contributed by atoms with E-state index in [1.807, 2.05) is 0 Å². The van der Waals surface area contributed by atoms with Gasteiger partial charge in [-0.15, -0.1) is 0 Å². The van der Waals surface area contributed by atoms with E-state index in [-0.39, 0.29) is 16.2 Å². The summed E-state index contributed by atoms with van der Waals surface area (Å²) in [5.74, 6) is 0. The van der Waals surface area contributed by atoms with Crippen molar-refractivity contribution in [3.05, 3.63) is 0 Å². The lowest BCUT2D eigenvalue weighted by Crippen LogP contribution is -2.59. The lowest BCUT2D eigenvalue weighted by molar-refractivity contribution is -0.120. The highest BCUT2D eigenvalue weighted by molar-refractivity contribution is 7.40. The molecule has 0 heterocycles. The van der Waals surface area contributed by atoms with Crippen molar-refractivity contribution in [3.63, 3.8) is 0 Å². The van der Waals surface area contributed by atoms with Crippen molar-refractivity contribution >= 4 is 24.3 Å². The van der Waals surface area contributed by atoms with E-state index in [0.29, 0.717) is 25.3 Å². The zero-order valence-electron chi connectivity index (χ0n) is 34.1. The van der Waals surface area contributed by atoms with Gasteiger partial charge in [-0.05, 0) is 25.3 Å². The molecule has 0 aromatic rings. The average Bonchev–Trinajstić information content (AvgIpc) is 3.10. The number of hydrogen-bond donors (Lipinski definition) is 0. The van der Waals surface area contributed by atoms with Crippen molar-refractivity contribution in [1.82, 2.24) is 0 Å². The van der Waals surface area contributed by atoms with Crippen LogP contribution in [0, 0.1) is 0 Å². The van der Waals surface area contributed by atoms with Gasteiger partial charge in [-0.25, -0.2) is 0 Å². The minimum Gasteiger partial charge on any atom is -0.304 e. The Kier molecular flexibility index (Phi) is 36.4. The summed E-state index contributed by atoms with van der Waals surface area (Å²) in [6.45, 7) is 8.88. The lowest BCUT2D eigenvalue weighted by atomic mass is 10.1. The van der Waals surface area contributed by atoms with Crippen molar-refractivity contribution in [3.8, 4) is 0 Å². The van der Waals surface area contributed by atoms with Gasteiger partial charge >= 0.3 is 0 Å². The summed E-state index contributed by atoms with van der Waals surface area (Å²) >= 11 is 0. The summed E-state index contributed by atoms with van der Waals surface area (Å²) in [5.41, 5.74) is 0. The molecule has 0 rings (SSSR count). The largest absolute Gasteiger partial charge is 0.304 e. The van der Waals surface area contributed by atoms with E-state index in [2.05, 4.69) is 27.7 Å². The molecule has 0 spiro atoms. The van der Waals surface area contributed by atoms with Crippen LogP contribution in [0.15, 0.2) is 0 Å². The standard InChI is InChI=1S/C45H88O3Si/c1-5-9-12-15-18-21-24-27-30-33-36-39-43(46)49(42-8-4,44(47)40-37-34-31-28-25-22-19-16-13-10-6-2)45(48)41-38-35-32-29-26-23-20-17-14-11-7-3/h5-42H2,1-4H3. The van der Waals surface area contributed by atoms with Crippen LogP contribution in [0.25, 0.3) is 0 Å². The molecule has 0 radical (unpaired) electrons. The number of carbonyl (C=O) groups is 3. The Morgan fingerprint density at radius 1 is 0.265 bits per heavy atom. The van der Waals surface area contributed by atoms with Crippen LogP contribution in [-0.2, 0) is 14.4 Å². The Morgan fingerprint density at radius 3 is 0.633 bits per heavy atom. The second-order valence-electron chi connectivity index (χ2n) is 15.8. The molecule has 0 aromatic carbocycles. The molecule has 0 atom stereocenters. The van der Waals surface area contributed by atoms with Gasteiger partial charge in [-0.2, -0.15) is 0 Å². The average molecular weight is 705 g/mol. The van der Waals surface area contributed by atoms with E-state index in [4.69, 9.17) is 0 Å². The fourth-order valence-electron chi connectivity index (χ4n) is 7.75. The van der Waals surface area contributed by atoms with E-state index in [9.17, 15) is 14.4 Å². The Morgan fingerprint density at radius 2 is 0.449 bits per heavy atom. The van der Waals surface area contributed by atoms with Gasteiger partial charge in [-0.3, -0.25) is 0 Å². The first-order valence-corrected chi connectivity index (χ1v) is 24.8. The molecule has 0 fully saturated rings. The summed E-state index contributed by atoms with van der Waals surface area (Å²) < 4.78 is 0. The second-order valence-corrected chi connectivity index (χ2v) is 19.8. The van der Waals surface area contributed by atoms with E-state index in [1.165, 1.54) is 173 Å². The van der Waals surface area contributed by atoms with E-state index >= 15 is 0 Å². The number of hydrogen-bond acceptors (Lipinski definition) is 3. The van der Waals surface area contributed by atoms with Crippen LogP contribution >= 0.6 is 0 Å². The van der Waals surface area contributed by atoms with Gasteiger partial charge in [0.05, 0.1) is 0 Å². The monoisotopic (exact) mass is 705 g/mol. The summed E-state index contributed by atoms with van der Waals surface area (Å²) in [6, 6.07) is 0.553. The maximum Gasteiger partial charge on any atom is 0.279 e. The molecule has 0 saturated carbocycles. The highest BCUT2D eigenvalue weighted by Crippen LogP contribution is 2.26. The lowest BCUT2D eigenvalue weighted by Gasteiger charge is -2.27. The second kappa shape index (κ2) is 37.0. The van der Waals surface area contributed by atoms with Crippen LogP contribution in [-0.4, -0.2) is 24.3 Å². The minimum absolute atomic E-state index is 0.0893. The molecule has 290 valence electrons. The van der Waals surface area contributed by atoms with Gasteiger partial charge in [0, 0.05) is 19.3 Å². The van der Waals surface area contributed by atoms with Crippen LogP contribution in [0.5, 0.6) is 0 Å². The van der Waals surface area contributed by atoms with E-state index in [0.717, 1.165) is 44.9 Å². The molecule has 49 heavy (non-hydrogen) atoms. The molecule has 4 heteroatoms. The molecular weight excluding hydrogens is 617 g/mol. The van der Waals surface area contributed by atoms with Crippen LogP contribution < -0.4 is 0 Å². The summed E-state index contributed by atoms with van der Waals surface area (Å²) in [7, 11) is -3.31. The first kappa shape index (κ1) is 48.2. The van der Waals surface area contributed by atoms with Gasteiger partial charge in [-0.1, -0.05) is 227 Å². The maximum absolute atomic E-state index is 14.0. The quantitative estimate of drug-likeness (QED) is 0.0470. The predicted octanol–water partition coefficient (Wildman–Crippen LogP) is 15.3. The summed E-state index contributed by atoms with van der Waals surface area (Å²) in [4.78, 5) is 42.1. The molecule has 0 saturated heterocycles. The van der Waals surface area contributed by atoms with Crippen LogP contribution in [0.2, 0.25) is 6.04 Å².